The molecule has 0 saturated carbocycles. The summed E-state index contributed by atoms with van der Waals surface area (Å²) in [7, 11) is 0. The number of rotatable bonds is 4. The predicted molar refractivity (Wildman–Crippen MR) is 79.4 cm³/mol. The van der Waals surface area contributed by atoms with E-state index in [4.69, 9.17) is 5.73 Å². The molecule has 2 heterocycles. The maximum Gasteiger partial charge on any atom is 0.137 e. The fourth-order valence-corrected chi connectivity index (χ4v) is 2.09. The molecule has 3 N–H and O–H groups in total. The molecule has 0 amide bonds. The fraction of sp³-hybridized carbons (Fsp3) is 0.214. The minimum Gasteiger partial charge on any atom is -0.399 e. The van der Waals surface area contributed by atoms with Crippen LogP contribution in [0.3, 0.4) is 0 Å². The number of nitrogens with zero attached hydrogens (tertiary/aromatic N) is 4. The smallest absolute Gasteiger partial charge is 0.137 e. The monoisotopic (exact) mass is 268 g/mol. The lowest BCUT2D eigenvalue weighted by atomic mass is 10.2. The van der Waals surface area contributed by atoms with Crippen molar-refractivity contribution in [2.24, 2.45) is 0 Å². The maximum absolute atomic E-state index is 5.76. The van der Waals surface area contributed by atoms with E-state index >= 15 is 0 Å². The van der Waals surface area contributed by atoms with Crippen molar-refractivity contribution in [3.8, 4) is 0 Å². The zero-order valence-electron chi connectivity index (χ0n) is 11.2. The van der Waals surface area contributed by atoms with Gasteiger partial charge in [-0.1, -0.05) is 0 Å². The summed E-state index contributed by atoms with van der Waals surface area (Å²) in [6.45, 7) is 3.56. The van der Waals surface area contributed by atoms with Crippen molar-refractivity contribution >= 4 is 22.4 Å². The van der Waals surface area contributed by atoms with E-state index in [1.807, 2.05) is 42.2 Å². The third-order valence-corrected chi connectivity index (χ3v) is 3.06. The Morgan fingerprint density at radius 1 is 1.30 bits per heavy atom. The number of anilines is 2. The molecule has 0 aliphatic heterocycles. The second-order valence-corrected chi connectivity index (χ2v) is 4.71. The first-order chi connectivity index (χ1) is 9.72. The number of hydrogen-bond acceptors (Lipinski definition) is 5. The maximum atomic E-state index is 5.76. The topological polar surface area (TPSA) is 81.7 Å². The Bertz CT molecular complexity index is 733. The number of fused-ring (bicyclic) bond motifs is 1. The van der Waals surface area contributed by atoms with Crippen LogP contribution in [0.25, 0.3) is 10.9 Å². The molecule has 1 aromatic carbocycles. The molecule has 0 fully saturated rings. The Hall–Kier alpha value is -2.63. The summed E-state index contributed by atoms with van der Waals surface area (Å²) in [6, 6.07) is 5.64. The molecular weight excluding hydrogens is 252 g/mol. The standard InChI is InChI=1S/C14H16N6/c1-10-7-19-20(8-10)5-4-16-14-12-3-2-11(15)6-13(12)17-9-18-14/h2-3,6-9H,4-5,15H2,1H3,(H,16,17,18). The second-order valence-electron chi connectivity index (χ2n) is 4.71. The van der Waals surface area contributed by atoms with Crippen LogP contribution in [0.1, 0.15) is 5.56 Å². The van der Waals surface area contributed by atoms with Crippen LogP contribution in [-0.2, 0) is 6.54 Å². The fourth-order valence-electron chi connectivity index (χ4n) is 2.09. The third-order valence-electron chi connectivity index (χ3n) is 3.06. The van der Waals surface area contributed by atoms with Crippen LogP contribution in [0.4, 0.5) is 11.5 Å². The molecule has 0 unspecified atom stereocenters. The Balaban J connectivity index is 1.74. The van der Waals surface area contributed by atoms with E-state index in [1.54, 1.807) is 6.33 Å². The van der Waals surface area contributed by atoms with Gasteiger partial charge in [0.15, 0.2) is 0 Å². The summed E-state index contributed by atoms with van der Waals surface area (Å²) in [5, 5.41) is 8.53. The van der Waals surface area contributed by atoms with Crippen LogP contribution in [0, 0.1) is 6.92 Å². The number of nitrogens with two attached hydrogens (primary N) is 1. The van der Waals surface area contributed by atoms with Gasteiger partial charge in [-0.2, -0.15) is 5.10 Å². The van der Waals surface area contributed by atoms with Crippen molar-refractivity contribution in [1.82, 2.24) is 19.7 Å². The normalized spacial score (nSPS) is 10.8. The van der Waals surface area contributed by atoms with Crippen molar-refractivity contribution in [3.05, 3.63) is 42.5 Å². The number of nitrogens with one attached hydrogen (secondary N) is 1. The third kappa shape index (κ3) is 2.54. The zero-order valence-corrected chi connectivity index (χ0v) is 11.2. The average Bonchev–Trinajstić information content (AvgIpc) is 2.84. The molecule has 0 bridgehead atoms. The first kappa shape index (κ1) is 12.4. The molecule has 0 radical (unpaired) electrons. The molecule has 102 valence electrons. The summed E-state index contributed by atoms with van der Waals surface area (Å²) >= 11 is 0. The van der Waals surface area contributed by atoms with Crippen LogP contribution in [0.2, 0.25) is 0 Å². The van der Waals surface area contributed by atoms with Gasteiger partial charge in [0.2, 0.25) is 0 Å². The highest BCUT2D eigenvalue weighted by atomic mass is 15.3. The molecule has 3 aromatic rings. The van der Waals surface area contributed by atoms with Crippen molar-refractivity contribution < 1.29 is 0 Å². The average molecular weight is 268 g/mol. The van der Waals surface area contributed by atoms with E-state index < -0.39 is 0 Å². The number of aromatic nitrogens is 4. The highest BCUT2D eigenvalue weighted by molar-refractivity contribution is 5.90. The SMILES string of the molecule is Cc1cnn(CCNc2ncnc3cc(N)ccc23)c1. The summed E-state index contributed by atoms with van der Waals surface area (Å²) in [5.74, 6) is 0.818. The molecule has 3 rings (SSSR count). The molecule has 20 heavy (non-hydrogen) atoms. The van der Waals surface area contributed by atoms with Crippen molar-refractivity contribution in [1.29, 1.82) is 0 Å². The molecule has 0 aliphatic rings. The van der Waals surface area contributed by atoms with Gasteiger partial charge in [-0.15, -0.1) is 0 Å². The number of aryl methyl sites for hydroxylation is 1. The highest BCUT2D eigenvalue weighted by Crippen LogP contribution is 2.20. The number of benzene rings is 1. The van der Waals surface area contributed by atoms with Crippen LogP contribution < -0.4 is 11.1 Å². The summed E-state index contributed by atoms with van der Waals surface area (Å²) < 4.78 is 1.91. The Morgan fingerprint density at radius 2 is 2.20 bits per heavy atom. The van der Waals surface area contributed by atoms with Gasteiger partial charge in [-0.25, -0.2) is 9.97 Å². The first-order valence-corrected chi connectivity index (χ1v) is 6.45. The molecule has 6 heteroatoms. The van der Waals surface area contributed by atoms with Crippen molar-refractivity contribution in [2.45, 2.75) is 13.5 Å². The Kier molecular flexibility index (Phi) is 3.20. The minimum absolute atomic E-state index is 0.703. The van der Waals surface area contributed by atoms with E-state index in [0.717, 1.165) is 35.4 Å². The van der Waals surface area contributed by atoms with Gasteiger partial charge in [0.1, 0.15) is 12.1 Å². The predicted octanol–water partition coefficient (Wildman–Crippen LogP) is 1.83. The summed E-state index contributed by atoms with van der Waals surface area (Å²) in [5.41, 5.74) is 8.47. The first-order valence-electron chi connectivity index (χ1n) is 6.45. The molecule has 0 aliphatic carbocycles. The van der Waals surface area contributed by atoms with Gasteiger partial charge in [0.25, 0.3) is 0 Å². The summed E-state index contributed by atoms with van der Waals surface area (Å²) in [4.78, 5) is 8.50. The molecule has 2 aromatic heterocycles. The van der Waals surface area contributed by atoms with Crippen LogP contribution >= 0.6 is 0 Å². The zero-order chi connectivity index (χ0) is 13.9. The quantitative estimate of drug-likeness (QED) is 0.705. The van der Waals surface area contributed by atoms with Gasteiger partial charge in [0, 0.05) is 23.8 Å². The lowest BCUT2D eigenvalue weighted by Crippen LogP contribution is -2.12. The van der Waals surface area contributed by atoms with E-state index in [2.05, 4.69) is 20.4 Å². The Labute approximate surface area is 116 Å². The van der Waals surface area contributed by atoms with E-state index in [-0.39, 0.29) is 0 Å². The van der Waals surface area contributed by atoms with E-state index in [1.165, 1.54) is 0 Å². The largest absolute Gasteiger partial charge is 0.399 e. The molecular formula is C14H16N6. The van der Waals surface area contributed by atoms with Gasteiger partial charge in [-0.05, 0) is 30.7 Å². The molecule has 0 atom stereocenters. The second kappa shape index (κ2) is 5.16. The number of nitrogen functional groups attached to an aromatic ring is 1. The Morgan fingerprint density at radius 3 is 3.00 bits per heavy atom. The van der Waals surface area contributed by atoms with Gasteiger partial charge in [-0.3, -0.25) is 4.68 Å². The lowest BCUT2D eigenvalue weighted by Gasteiger charge is -2.08. The van der Waals surface area contributed by atoms with Crippen LogP contribution in [0.5, 0.6) is 0 Å². The van der Waals surface area contributed by atoms with E-state index in [0.29, 0.717) is 5.69 Å². The van der Waals surface area contributed by atoms with Gasteiger partial charge < -0.3 is 11.1 Å². The van der Waals surface area contributed by atoms with Crippen molar-refractivity contribution in [2.75, 3.05) is 17.6 Å². The lowest BCUT2D eigenvalue weighted by molar-refractivity contribution is 0.637. The van der Waals surface area contributed by atoms with Gasteiger partial charge >= 0.3 is 0 Å². The molecule has 6 nitrogen and oxygen atoms in total. The number of hydrogen-bond donors (Lipinski definition) is 2. The minimum atomic E-state index is 0.703. The van der Waals surface area contributed by atoms with Crippen LogP contribution in [0.15, 0.2) is 36.9 Å². The van der Waals surface area contributed by atoms with Gasteiger partial charge in [0.05, 0.1) is 18.3 Å². The summed E-state index contributed by atoms with van der Waals surface area (Å²) in [6.07, 6.45) is 5.41. The van der Waals surface area contributed by atoms with Crippen LogP contribution in [-0.4, -0.2) is 26.3 Å². The molecule has 0 saturated heterocycles. The highest BCUT2D eigenvalue weighted by Gasteiger charge is 2.03. The van der Waals surface area contributed by atoms with E-state index in [9.17, 15) is 0 Å². The molecule has 0 spiro atoms. The van der Waals surface area contributed by atoms with Crippen molar-refractivity contribution in [3.63, 3.8) is 0 Å².